The number of methoxy groups -OCH3 is 1. The molecule has 1 aromatic rings. The van der Waals surface area contributed by atoms with Gasteiger partial charge in [-0.3, -0.25) is 9.69 Å². The zero-order valence-electron chi connectivity index (χ0n) is 18.2. The Hall–Kier alpha value is -2.03. The molecule has 1 aromatic carbocycles. The second kappa shape index (κ2) is 13.3. The third-order valence-electron chi connectivity index (χ3n) is 4.63. The normalized spacial score (nSPS) is 16.3. The number of carbonyl (C=O) groups excluding carboxylic acids is 1. The molecule has 0 aromatic heterocycles. The van der Waals surface area contributed by atoms with Crippen LogP contribution in [0.5, 0.6) is 5.75 Å². The van der Waals surface area contributed by atoms with E-state index in [1.165, 1.54) is 0 Å². The summed E-state index contributed by atoms with van der Waals surface area (Å²) in [6, 6.07) is 7.39. The van der Waals surface area contributed by atoms with Gasteiger partial charge in [0.1, 0.15) is 11.9 Å². The number of nitrogens with one attached hydrogen (secondary N) is 2. The molecule has 0 bridgehead atoms. The third kappa shape index (κ3) is 8.77. The van der Waals surface area contributed by atoms with Crippen molar-refractivity contribution in [3.8, 4) is 5.75 Å². The molecule has 2 rings (SSSR count). The van der Waals surface area contributed by atoms with E-state index < -0.39 is 0 Å². The molecule has 1 fully saturated rings. The number of aliphatic imine (C=N–C) groups is 1. The molecule has 9 heteroatoms. The van der Waals surface area contributed by atoms with Crippen molar-refractivity contribution < 1.29 is 14.3 Å². The van der Waals surface area contributed by atoms with Crippen molar-refractivity contribution in [1.29, 1.82) is 0 Å². The van der Waals surface area contributed by atoms with Crippen LogP contribution in [0.2, 0.25) is 5.02 Å². The third-order valence-corrected chi connectivity index (χ3v) is 4.87. The highest BCUT2D eigenvalue weighted by molar-refractivity contribution is 6.30. The van der Waals surface area contributed by atoms with Crippen molar-refractivity contribution in [2.24, 2.45) is 4.99 Å². The van der Waals surface area contributed by atoms with E-state index in [1.54, 1.807) is 13.2 Å². The second-order valence-electron chi connectivity index (χ2n) is 7.19. The number of rotatable bonds is 10. The summed E-state index contributed by atoms with van der Waals surface area (Å²) in [5, 5.41) is 6.88. The summed E-state index contributed by atoms with van der Waals surface area (Å²) in [6.45, 7) is 10.1. The molecular formula is C21H34ClN5O3. The van der Waals surface area contributed by atoms with Crippen molar-refractivity contribution >= 4 is 23.5 Å². The highest BCUT2D eigenvalue weighted by atomic mass is 35.5. The Morgan fingerprint density at radius 3 is 2.70 bits per heavy atom. The second-order valence-corrected chi connectivity index (χ2v) is 7.62. The van der Waals surface area contributed by atoms with Gasteiger partial charge in [-0.25, -0.2) is 4.99 Å². The fraction of sp³-hybridized carbons (Fsp3) is 0.619. The topological polar surface area (TPSA) is 78.4 Å². The summed E-state index contributed by atoms with van der Waals surface area (Å²) in [7, 11) is 1.62. The van der Waals surface area contributed by atoms with Crippen molar-refractivity contribution in [1.82, 2.24) is 20.4 Å². The van der Waals surface area contributed by atoms with Gasteiger partial charge in [-0.2, -0.15) is 0 Å². The standard InChI is InChI=1S/C21H34ClN5O3/c1-4-23-21(25-15-17(2)30-19-7-5-6-18(22)14-19)27-11-9-26(10-12-27)16-20(28)24-8-13-29-3/h5-7,14,17H,4,8-13,15-16H2,1-3H3,(H,23,25)(H,24,28). The average Bonchev–Trinajstić information content (AvgIpc) is 2.72. The predicted molar refractivity (Wildman–Crippen MR) is 120 cm³/mol. The predicted octanol–water partition coefficient (Wildman–Crippen LogP) is 1.45. The first-order valence-electron chi connectivity index (χ1n) is 10.4. The lowest BCUT2D eigenvalue weighted by Gasteiger charge is -2.36. The van der Waals surface area contributed by atoms with Gasteiger partial charge in [0.25, 0.3) is 0 Å². The van der Waals surface area contributed by atoms with Crippen LogP contribution in [0.15, 0.2) is 29.3 Å². The van der Waals surface area contributed by atoms with Crippen molar-refractivity contribution in [2.75, 3.05) is 66.1 Å². The Morgan fingerprint density at radius 2 is 2.03 bits per heavy atom. The van der Waals surface area contributed by atoms with Crippen LogP contribution in [0.4, 0.5) is 0 Å². The van der Waals surface area contributed by atoms with Crippen LogP contribution in [-0.4, -0.2) is 93.8 Å². The minimum atomic E-state index is -0.0748. The zero-order chi connectivity index (χ0) is 21.8. The summed E-state index contributed by atoms with van der Waals surface area (Å²) < 4.78 is 10.9. The van der Waals surface area contributed by atoms with E-state index in [4.69, 9.17) is 26.1 Å². The molecule has 0 saturated carbocycles. The molecule has 1 aliphatic rings. The van der Waals surface area contributed by atoms with E-state index in [-0.39, 0.29) is 12.0 Å². The molecule has 168 valence electrons. The first-order chi connectivity index (χ1) is 14.5. The van der Waals surface area contributed by atoms with Crippen LogP contribution in [0.1, 0.15) is 13.8 Å². The smallest absolute Gasteiger partial charge is 0.234 e. The summed E-state index contributed by atoms with van der Waals surface area (Å²) in [6.07, 6.45) is -0.0748. The summed E-state index contributed by atoms with van der Waals surface area (Å²) in [5.74, 6) is 1.66. The number of ether oxygens (including phenoxy) is 2. The molecule has 30 heavy (non-hydrogen) atoms. The Bertz CT molecular complexity index is 680. The van der Waals surface area contributed by atoms with Gasteiger partial charge in [-0.05, 0) is 32.0 Å². The summed E-state index contributed by atoms with van der Waals surface area (Å²) in [5.41, 5.74) is 0. The largest absolute Gasteiger partial charge is 0.489 e. The van der Waals surface area contributed by atoms with Gasteiger partial charge in [0, 0.05) is 51.4 Å². The van der Waals surface area contributed by atoms with Gasteiger partial charge < -0.3 is 25.0 Å². The van der Waals surface area contributed by atoms with Crippen LogP contribution in [-0.2, 0) is 9.53 Å². The molecule has 1 aliphatic heterocycles. The Morgan fingerprint density at radius 1 is 1.27 bits per heavy atom. The van der Waals surface area contributed by atoms with Gasteiger partial charge in [-0.15, -0.1) is 0 Å². The van der Waals surface area contributed by atoms with E-state index in [0.29, 0.717) is 31.3 Å². The van der Waals surface area contributed by atoms with E-state index >= 15 is 0 Å². The SMILES string of the molecule is CCNC(=NCC(C)Oc1cccc(Cl)c1)N1CCN(CC(=O)NCCOC)CC1. The molecule has 1 amide bonds. The number of guanidine groups is 1. The molecule has 2 N–H and O–H groups in total. The average molecular weight is 440 g/mol. The van der Waals surface area contributed by atoms with Crippen LogP contribution in [0, 0.1) is 0 Å². The maximum Gasteiger partial charge on any atom is 0.234 e. The number of benzene rings is 1. The fourth-order valence-corrected chi connectivity index (χ4v) is 3.30. The van der Waals surface area contributed by atoms with Gasteiger partial charge in [0.05, 0.1) is 19.7 Å². The van der Waals surface area contributed by atoms with E-state index in [9.17, 15) is 4.79 Å². The van der Waals surface area contributed by atoms with E-state index in [0.717, 1.165) is 44.4 Å². The maximum atomic E-state index is 12.0. The Balaban J connectivity index is 1.80. The first kappa shape index (κ1) is 24.2. The van der Waals surface area contributed by atoms with Crippen LogP contribution < -0.4 is 15.4 Å². The summed E-state index contributed by atoms with van der Waals surface area (Å²) in [4.78, 5) is 21.1. The number of amides is 1. The maximum absolute atomic E-state index is 12.0. The first-order valence-corrected chi connectivity index (χ1v) is 10.8. The number of nitrogens with zero attached hydrogens (tertiary/aromatic N) is 3. The summed E-state index contributed by atoms with van der Waals surface area (Å²) >= 11 is 6.01. The van der Waals surface area contributed by atoms with Crippen LogP contribution >= 0.6 is 11.6 Å². The van der Waals surface area contributed by atoms with Gasteiger partial charge in [0.15, 0.2) is 5.96 Å². The van der Waals surface area contributed by atoms with E-state index in [1.807, 2.05) is 25.1 Å². The number of hydrogen-bond donors (Lipinski definition) is 2. The van der Waals surface area contributed by atoms with Crippen LogP contribution in [0.25, 0.3) is 0 Å². The number of hydrogen-bond acceptors (Lipinski definition) is 5. The number of carbonyl (C=O) groups is 1. The minimum Gasteiger partial charge on any atom is -0.489 e. The zero-order valence-corrected chi connectivity index (χ0v) is 19.0. The van der Waals surface area contributed by atoms with E-state index in [2.05, 4.69) is 27.4 Å². The minimum absolute atomic E-state index is 0.0352. The molecule has 1 heterocycles. The van der Waals surface area contributed by atoms with Crippen molar-refractivity contribution in [2.45, 2.75) is 20.0 Å². The fourth-order valence-electron chi connectivity index (χ4n) is 3.12. The molecule has 1 unspecified atom stereocenters. The van der Waals surface area contributed by atoms with Gasteiger partial charge in [0.2, 0.25) is 5.91 Å². The highest BCUT2D eigenvalue weighted by Crippen LogP contribution is 2.18. The molecule has 0 spiro atoms. The molecule has 0 aliphatic carbocycles. The van der Waals surface area contributed by atoms with Gasteiger partial charge in [-0.1, -0.05) is 17.7 Å². The quantitative estimate of drug-likeness (QED) is 0.326. The molecule has 1 saturated heterocycles. The lowest BCUT2D eigenvalue weighted by Crippen LogP contribution is -2.54. The molecule has 0 radical (unpaired) electrons. The lowest BCUT2D eigenvalue weighted by atomic mass is 10.3. The number of piperazine rings is 1. The highest BCUT2D eigenvalue weighted by Gasteiger charge is 2.21. The van der Waals surface area contributed by atoms with Crippen LogP contribution in [0.3, 0.4) is 0 Å². The van der Waals surface area contributed by atoms with Gasteiger partial charge >= 0.3 is 0 Å². The Kier molecular flexibility index (Phi) is 10.8. The monoisotopic (exact) mass is 439 g/mol. The number of halogens is 1. The van der Waals surface area contributed by atoms with Crippen molar-refractivity contribution in [3.63, 3.8) is 0 Å². The Labute approximate surface area is 184 Å². The molecule has 1 atom stereocenters. The molecule has 8 nitrogen and oxygen atoms in total. The lowest BCUT2D eigenvalue weighted by molar-refractivity contribution is -0.122. The van der Waals surface area contributed by atoms with Crippen molar-refractivity contribution in [3.05, 3.63) is 29.3 Å². The molecular weight excluding hydrogens is 406 g/mol.